The van der Waals surface area contributed by atoms with Gasteiger partial charge in [0.1, 0.15) is 17.3 Å². The van der Waals surface area contributed by atoms with Crippen LogP contribution in [0.15, 0.2) is 15.7 Å². The van der Waals surface area contributed by atoms with Gasteiger partial charge in [-0.3, -0.25) is 14.3 Å². The van der Waals surface area contributed by atoms with Crippen LogP contribution >= 0.6 is 11.3 Å². The molecular formula is C21H28N4O4S. The number of nitrogens with one attached hydrogen (secondary N) is 1. The van der Waals surface area contributed by atoms with Crippen LogP contribution in [-0.2, 0) is 37.8 Å². The quantitative estimate of drug-likeness (QED) is 0.524. The van der Waals surface area contributed by atoms with Crippen molar-refractivity contribution in [3.05, 3.63) is 48.0 Å². The number of aromatic nitrogens is 4. The fourth-order valence-corrected chi connectivity index (χ4v) is 4.70. The maximum Gasteiger partial charge on any atom is 0.348 e. The van der Waals surface area contributed by atoms with E-state index in [1.807, 2.05) is 13.0 Å². The zero-order chi connectivity index (χ0) is 21.8. The second-order valence-corrected chi connectivity index (χ2v) is 8.40. The number of aryl methyl sites for hydroxylation is 4. The second kappa shape index (κ2) is 9.42. The summed E-state index contributed by atoms with van der Waals surface area (Å²) in [5, 5.41) is 0. The SMILES string of the molecule is CCCCn1c(=O)[nH]c(=O)c2c1nc(COC(=O)c1cc(CC)c(CCC)s1)n2C. The average Bonchev–Trinajstić information content (AvgIpc) is 3.27. The molecule has 0 amide bonds. The van der Waals surface area contributed by atoms with Crippen LogP contribution in [0.2, 0.25) is 0 Å². The zero-order valence-corrected chi connectivity index (χ0v) is 18.7. The summed E-state index contributed by atoms with van der Waals surface area (Å²) in [7, 11) is 1.68. The number of rotatable bonds is 9. The van der Waals surface area contributed by atoms with Gasteiger partial charge in [0.05, 0.1) is 0 Å². The highest BCUT2D eigenvalue weighted by molar-refractivity contribution is 7.14. The molecule has 0 aromatic carbocycles. The number of hydrogen-bond donors (Lipinski definition) is 1. The van der Waals surface area contributed by atoms with E-state index in [1.165, 1.54) is 26.3 Å². The number of esters is 1. The highest BCUT2D eigenvalue weighted by atomic mass is 32.1. The van der Waals surface area contributed by atoms with E-state index >= 15 is 0 Å². The monoisotopic (exact) mass is 432 g/mol. The first-order valence-corrected chi connectivity index (χ1v) is 11.2. The molecule has 9 heteroatoms. The van der Waals surface area contributed by atoms with Gasteiger partial charge in [0.15, 0.2) is 11.2 Å². The lowest BCUT2D eigenvalue weighted by atomic mass is 10.1. The molecule has 0 spiro atoms. The minimum atomic E-state index is -0.495. The van der Waals surface area contributed by atoms with Gasteiger partial charge in [-0.05, 0) is 30.9 Å². The number of thiophene rings is 1. The van der Waals surface area contributed by atoms with Crippen molar-refractivity contribution < 1.29 is 9.53 Å². The first kappa shape index (κ1) is 22.0. The lowest BCUT2D eigenvalue weighted by molar-refractivity contribution is 0.0465. The molecule has 0 bridgehead atoms. The molecule has 0 atom stereocenters. The van der Waals surface area contributed by atoms with Gasteiger partial charge >= 0.3 is 11.7 Å². The Labute approximate surface area is 178 Å². The normalized spacial score (nSPS) is 11.3. The van der Waals surface area contributed by atoms with Crippen molar-refractivity contribution in [2.24, 2.45) is 7.05 Å². The molecule has 0 fully saturated rings. The first-order valence-electron chi connectivity index (χ1n) is 10.4. The van der Waals surface area contributed by atoms with Crippen LogP contribution in [0, 0.1) is 0 Å². The number of imidazole rings is 1. The van der Waals surface area contributed by atoms with E-state index < -0.39 is 17.2 Å². The minimum Gasteiger partial charge on any atom is -0.453 e. The molecule has 162 valence electrons. The molecule has 3 aromatic rings. The van der Waals surface area contributed by atoms with E-state index in [4.69, 9.17) is 4.74 Å². The Morgan fingerprint density at radius 2 is 2.00 bits per heavy atom. The summed E-state index contributed by atoms with van der Waals surface area (Å²) >= 11 is 1.47. The smallest absolute Gasteiger partial charge is 0.348 e. The third-order valence-corrected chi connectivity index (χ3v) is 6.35. The van der Waals surface area contributed by atoms with Gasteiger partial charge in [-0.1, -0.05) is 33.6 Å². The highest BCUT2D eigenvalue weighted by Crippen LogP contribution is 2.25. The van der Waals surface area contributed by atoms with Crippen molar-refractivity contribution in [3.8, 4) is 0 Å². The summed E-state index contributed by atoms with van der Waals surface area (Å²) in [4.78, 5) is 45.7. The minimum absolute atomic E-state index is 0.0755. The largest absolute Gasteiger partial charge is 0.453 e. The van der Waals surface area contributed by atoms with Crippen molar-refractivity contribution in [1.82, 2.24) is 19.1 Å². The first-order chi connectivity index (χ1) is 14.4. The summed E-state index contributed by atoms with van der Waals surface area (Å²) in [5.74, 6) is 0.0159. The number of unbranched alkanes of at least 4 members (excludes halogenated alkanes) is 1. The lowest BCUT2D eigenvalue weighted by Crippen LogP contribution is -2.31. The van der Waals surface area contributed by atoms with Crippen molar-refractivity contribution in [2.45, 2.75) is 66.0 Å². The fraction of sp³-hybridized carbons (Fsp3) is 0.524. The zero-order valence-electron chi connectivity index (χ0n) is 17.9. The maximum absolute atomic E-state index is 12.6. The Balaban J connectivity index is 1.87. The molecule has 0 saturated carbocycles. The van der Waals surface area contributed by atoms with E-state index in [0.29, 0.717) is 28.4 Å². The molecule has 0 radical (unpaired) electrons. The highest BCUT2D eigenvalue weighted by Gasteiger charge is 2.19. The molecule has 0 aliphatic rings. The van der Waals surface area contributed by atoms with Crippen LogP contribution in [0.5, 0.6) is 0 Å². The maximum atomic E-state index is 12.6. The van der Waals surface area contributed by atoms with Gasteiger partial charge in [-0.15, -0.1) is 11.3 Å². The molecule has 3 heterocycles. The van der Waals surface area contributed by atoms with Gasteiger partial charge < -0.3 is 9.30 Å². The van der Waals surface area contributed by atoms with Crippen molar-refractivity contribution >= 4 is 28.5 Å². The molecule has 0 saturated heterocycles. The predicted molar refractivity (Wildman–Crippen MR) is 117 cm³/mol. The van der Waals surface area contributed by atoms with Crippen LogP contribution in [0.1, 0.15) is 66.0 Å². The van der Waals surface area contributed by atoms with Crippen LogP contribution in [0.4, 0.5) is 0 Å². The average molecular weight is 433 g/mol. The van der Waals surface area contributed by atoms with Gasteiger partial charge in [0, 0.05) is 18.5 Å². The van der Waals surface area contributed by atoms with E-state index in [0.717, 1.165) is 32.1 Å². The van der Waals surface area contributed by atoms with Gasteiger partial charge in [0.2, 0.25) is 0 Å². The summed E-state index contributed by atoms with van der Waals surface area (Å²) in [6.45, 7) is 6.61. The van der Waals surface area contributed by atoms with Crippen LogP contribution in [0.3, 0.4) is 0 Å². The van der Waals surface area contributed by atoms with E-state index in [1.54, 1.807) is 11.6 Å². The Morgan fingerprint density at radius 1 is 1.23 bits per heavy atom. The Kier molecular flexibility index (Phi) is 6.91. The van der Waals surface area contributed by atoms with Gasteiger partial charge in [-0.25, -0.2) is 14.6 Å². The van der Waals surface area contributed by atoms with Crippen LogP contribution in [-0.4, -0.2) is 25.1 Å². The molecule has 0 aliphatic carbocycles. The molecular weight excluding hydrogens is 404 g/mol. The molecule has 3 rings (SSSR count). The lowest BCUT2D eigenvalue weighted by Gasteiger charge is -2.04. The summed E-state index contributed by atoms with van der Waals surface area (Å²) in [5.41, 5.74) is 0.830. The van der Waals surface area contributed by atoms with E-state index in [-0.39, 0.29) is 6.61 Å². The Hall–Kier alpha value is -2.68. The van der Waals surface area contributed by atoms with E-state index in [9.17, 15) is 14.4 Å². The third-order valence-electron chi connectivity index (χ3n) is 5.13. The number of aromatic amines is 1. The number of nitrogens with zero attached hydrogens (tertiary/aromatic N) is 3. The summed E-state index contributed by atoms with van der Waals surface area (Å²) < 4.78 is 8.54. The van der Waals surface area contributed by atoms with Gasteiger partial charge in [0.25, 0.3) is 5.56 Å². The summed E-state index contributed by atoms with van der Waals surface area (Å²) in [6, 6.07) is 1.90. The number of hydrogen-bond acceptors (Lipinski definition) is 6. The third kappa shape index (κ3) is 4.26. The van der Waals surface area contributed by atoms with Crippen molar-refractivity contribution in [2.75, 3.05) is 0 Å². The van der Waals surface area contributed by atoms with Crippen molar-refractivity contribution in [1.29, 1.82) is 0 Å². The molecule has 0 aliphatic heterocycles. The number of ether oxygens (including phenoxy) is 1. The molecule has 3 aromatic heterocycles. The molecule has 0 unspecified atom stereocenters. The Bertz CT molecular complexity index is 1170. The second-order valence-electron chi connectivity index (χ2n) is 7.26. The van der Waals surface area contributed by atoms with Crippen LogP contribution < -0.4 is 11.2 Å². The Morgan fingerprint density at radius 3 is 2.67 bits per heavy atom. The predicted octanol–water partition coefficient (Wildman–Crippen LogP) is 3.16. The standard InChI is InChI=1S/C21H28N4O4S/c1-5-8-10-25-18-17(19(26)23-21(25)28)24(4)16(22-18)12-29-20(27)15-11-13(7-3)14(30-15)9-6-2/h11H,5-10,12H2,1-4H3,(H,23,26,28). The number of carbonyl (C=O) groups excluding carboxylic acids is 1. The number of fused-ring (bicyclic) bond motifs is 1. The molecule has 8 nitrogen and oxygen atoms in total. The van der Waals surface area contributed by atoms with Crippen molar-refractivity contribution in [3.63, 3.8) is 0 Å². The topological polar surface area (TPSA) is 99.0 Å². The summed E-state index contributed by atoms with van der Waals surface area (Å²) in [6.07, 6.45) is 4.55. The van der Waals surface area contributed by atoms with Crippen LogP contribution in [0.25, 0.3) is 11.2 Å². The molecule has 30 heavy (non-hydrogen) atoms. The van der Waals surface area contributed by atoms with Gasteiger partial charge in [-0.2, -0.15) is 0 Å². The molecule has 1 N–H and O–H groups in total. The fourth-order valence-electron chi connectivity index (χ4n) is 3.45. The number of carbonyl (C=O) groups is 1. The number of H-pyrrole nitrogens is 1. The van der Waals surface area contributed by atoms with E-state index in [2.05, 4.69) is 23.8 Å².